The van der Waals surface area contributed by atoms with Crippen LogP contribution in [-0.4, -0.2) is 34.1 Å². The smallest absolute Gasteiger partial charge is 0.246 e. The van der Waals surface area contributed by atoms with E-state index in [0.29, 0.717) is 16.4 Å². The lowest BCUT2D eigenvalue weighted by Gasteiger charge is -2.05. The number of methoxy groups -OCH3 is 1. The Balaban J connectivity index is 1.87. The average Bonchev–Trinajstić information content (AvgIpc) is 3.10. The third-order valence-corrected chi connectivity index (χ3v) is 4.09. The van der Waals surface area contributed by atoms with Gasteiger partial charge in [0.2, 0.25) is 11.0 Å². The Labute approximate surface area is 135 Å². The molecule has 0 saturated heterocycles. The van der Waals surface area contributed by atoms with Crippen LogP contribution >= 0.6 is 11.3 Å². The summed E-state index contributed by atoms with van der Waals surface area (Å²) in [6, 6.07) is 5.39. The van der Waals surface area contributed by atoms with E-state index in [4.69, 9.17) is 4.74 Å². The molecule has 118 valence electrons. The number of aryl methyl sites for hydroxylation is 1. The van der Waals surface area contributed by atoms with Crippen LogP contribution in [0.15, 0.2) is 24.4 Å². The van der Waals surface area contributed by atoms with Gasteiger partial charge in [-0.15, -0.1) is 10.2 Å². The predicted octanol–water partition coefficient (Wildman–Crippen LogP) is 2.26. The fraction of sp³-hybridized carbons (Fsp3) is 0.200. The molecule has 0 spiro atoms. The highest BCUT2D eigenvalue weighted by Gasteiger charge is 2.13. The molecule has 0 fully saturated rings. The number of nitrogens with one attached hydrogen (secondary N) is 1. The molecule has 0 saturated carbocycles. The molecule has 0 radical (unpaired) electrons. The van der Waals surface area contributed by atoms with Crippen molar-refractivity contribution >= 4 is 39.6 Å². The topological polar surface area (TPSA) is 86.1 Å². The highest BCUT2D eigenvalue weighted by molar-refractivity contribution is 7.15. The number of carbonyl (C=O) groups excluding carboxylic acids is 2. The summed E-state index contributed by atoms with van der Waals surface area (Å²) in [6.07, 6.45) is 2.42. The van der Waals surface area contributed by atoms with Gasteiger partial charge >= 0.3 is 0 Å². The lowest BCUT2D eigenvalue weighted by molar-refractivity contribution is -0.116. The first-order chi connectivity index (χ1) is 11.1. The van der Waals surface area contributed by atoms with Gasteiger partial charge in [-0.3, -0.25) is 14.9 Å². The molecule has 23 heavy (non-hydrogen) atoms. The van der Waals surface area contributed by atoms with Gasteiger partial charge < -0.3 is 9.30 Å². The fourth-order valence-electron chi connectivity index (χ4n) is 2.32. The van der Waals surface area contributed by atoms with Gasteiger partial charge in [-0.05, 0) is 25.1 Å². The summed E-state index contributed by atoms with van der Waals surface area (Å²) in [6.45, 7) is 1.89. The molecule has 1 aromatic carbocycles. The zero-order valence-corrected chi connectivity index (χ0v) is 13.4. The number of hydrogen-bond donors (Lipinski definition) is 1. The number of rotatable bonds is 5. The Hall–Kier alpha value is -2.74. The van der Waals surface area contributed by atoms with Crippen molar-refractivity contribution in [2.75, 3.05) is 12.4 Å². The van der Waals surface area contributed by atoms with Gasteiger partial charge in [0.25, 0.3) is 0 Å². The molecule has 0 unspecified atom stereocenters. The molecule has 3 rings (SSSR count). The largest absolute Gasteiger partial charge is 0.497 e. The molecule has 0 bridgehead atoms. The molecule has 1 N–H and O–H groups in total. The lowest BCUT2D eigenvalue weighted by atomic mass is 10.2. The van der Waals surface area contributed by atoms with Crippen molar-refractivity contribution < 1.29 is 14.3 Å². The molecule has 0 aliphatic rings. The first-order valence-electron chi connectivity index (χ1n) is 6.82. The fourth-order valence-corrected chi connectivity index (χ4v) is 2.92. The summed E-state index contributed by atoms with van der Waals surface area (Å²) in [5.74, 6) is 0.429. The van der Waals surface area contributed by atoms with Crippen molar-refractivity contribution in [2.24, 2.45) is 0 Å². The van der Waals surface area contributed by atoms with Gasteiger partial charge in [0, 0.05) is 22.7 Å². The third kappa shape index (κ3) is 3.07. The zero-order chi connectivity index (χ0) is 16.4. The van der Waals surface area contributed by atoms with Crippen LogP contribution < -0.4 is 10.1 Å². The van der Waals surface area contributed by atoms with Crippen LogP contribution in [0.5, 0.6) is 5.75 Å². The quantitative estimate of drug-likeness (QED) is 0.725. The molecule has 7 nitrogen and oxygen atoms in total. The molecule has 8 heteroatoms. The number of fused-ring (bicyclic) bond motifs is 1. The van der Waals surface area contributed by atoms with E-state index in [-0.39, 0.29) is 12.5 Å². The number of anilines is 1. The number of hydrogen-bond acceptors (Lipinski definition) is 6. The first-order valence-corrected chi connectivity index (χ1v) is 7.64. The summed E-state index contributed by atoms with van der Waals surface area (Å²) in [5, 5.41) is 12.4. The van der Waals surface area contributed by atoms with Gasteiger partial charge in [0.05, 0.1) is 7.11 Å². The maximum atomic E-state index is 12.1. The van der Waals surface area contributed by atoms with Crippen molar-refractivity contribution in [3.05, 3.63) is 35.0 Å². The average molecular weight is 330 g/mol. The number of carbonyl (C=O) groups is 2. The van der Waals surface area contributed by atoms with Crippen LogP contribution in [0.3, 0.4) is 0 Å². The van der Waals surface area contributed by atoms with Crippen LogP contribution in [0.1, 0.15) is 15.4 Å². The highest BCUT2D eigenvalue weighted by Crippen LogP contribution is 2.25. The minimum Gasteiger partial charge on any atom is -0.497 e. The monoisotopic (exact) mass is 330 g/mol. The number of nitrogens with zero attached hydrogens (tertiary/aromatic N) is 3. The maximum Gasteiger partial charge on any atom is 0.246 e. The van der Waals surface area contributed by atoms with E-state index < -0.39 is 0 Å². The van der Waals surface area contributed by atoms with Crippen molar-refractivity contribution in [1.82, 2.24) is 14.8 Å². The SMILES string of the molecule is COc1ccc2c(c1)c(C=O)cn2CC(=O)Nc1nnc(C)s1. The van der Waals surface area contributed by atoms with Gasteiger partial charge in [-0.25, -0.2) is 0 Å². The molecule has 2 aromatic heterocycles. The number of benzene rings is 1. The Morgan fingerprint density at radius 2 is 2.26 bits per heavy atom. The van der Waals surface area contributed by atoms with Gasteiger partial charge in [0.1, 0.15) is 17.3 Å². The molecule has 3 aromatic rings. The molecular weight excluding hydrogens is 316 g/mol. The Kier molecular flexibility index (Phi) is 4.07. The Morgan fingerprint density at radius 1 is 1.43 bits per heavy atom. The lowest BCUT2D eigenvalue weighted by Crippen LogP contribution is -2.18. The second-order valence-electron chi connectivity index (χ2n) is 4.89. The van der Waals surface area contributed by atoms with Gasteiger partial charge in [-0.2, -0.15) is 0 Å². The number of aldehydes is 1. The van der Waals surface area contributed by atoms with Crippen LogP contribution in [0.2, 0.25) is 0 Å². The second kappa shape index (κ2) is 6.17. The Bertz CT molecular complexity index is 884. The van der Waals surface area contributed by atoms with E-state index in [1.54, 1.807) is 30.0 Å². The van der Waals surface area contributed by atoms with Crippen LogP contribution in [0.4, 0.5) is 5.13 Å². The summed E-state index contributed by atoms with van der Waals surface area (Å²) >= 11 is 1.31. The minimum absolute atomic E-state index is 0.0787. The van der Waals surface area contributed by atoms with Crippen molar-refractivity contribution in [3.63, 3.8) is 0 Å². The van der Waals surface area contributed by atoms with E-state index in [1.165, 1.54) is 11.3 Å². The van der Waals surface area contributed by atoms with E-state index >= 15 is 0 Å². The maximum absolute atomic E-state index is 12.1. The number of ether oxygens (including phenoxy) is 1. The first kappa shape index (κ1) is 15.2. The van der Waals surface area contributed by atoms with E-state index in [2.05, 4.69) is 15.5 Å². The summed E-state index contributed by atoms with van der Waals surface area (Å²) in [4.78, 5) is 23.4. The van der Waals surface area contributed by atoms with Crippen molar-refractivity contribution in [1.29, 1.82) is 0 Å². The van der Waals surface area contributed by atoms with Gasteiger partial charge in [0.15, 0.2) is 6.29 Å². The molecule has 1 amide bonds. The van der Waals surface area contributed by atoms with Crippen LogP contribution in [0, 0.1) is 6.92 Å². The molecule has 0 atom stereocenters. The van der Waals surface area contributed by atoms with Crippen molar-refractivity contribution in [3.8, 4) is 5.75 Å². The summed E-state index contributed by atoms with van der Waals surface area (Å²) in [7, 11) is 1.57. The standard InChI is InChI=1S/C15H14N4O3S/c1-9-17-18-15(23-9)16-14(21)7-19-6-10(8-20)12-5-11(22-2)3-4-13(12)19/h3-6,8H,7H2,1-2H3,(H,16,18,21). The van der Waals surface area contributed by atoms with Crippen LogP contribution in [0.25, 0.3) is 10.9 Å². The predicted molar refractivity (Wildman–Crippen MR) is 87.2 cm³/mol. The second-order valence-corrected chi connectivity index (χ2v) is 6.07. The molecule has 0 aliphatic heterocycles. The number of aromatic nitrogens is 3. The molecule has 2 heterocycles. The minimum atomic E-state index is -0.230. The summed E-state index contributed by atoms with van der Waals surface area (Å²) < 4.78 is 6.90. The summed E-state index contributed by atoms with van der Waals surface area (Å²) in [5.41, 5.74) is 1.30. The number of amides is 1. The van der Waals surface area contributed by atoms with E-state index in [1.807, 2.05) is 13.0 Å². The zero-order valence-electron chi connectivity index (χ0n) is 12.6. The normalized spacial score (nSPS) is 10.7. The highest BCUT2D eigenvalue weighted by atomic mass is 32.1. The van der Waals surface area contributed by atoms with Crippen molar-refractivity contribution in [2.45, 2.75) is 13.5 Å². The molecule has 0 aliphatic carbocycles. The van der Waals surface area contributed by atoms with E-state index in [9.17, 15) is 9.59 Å². The van der Waals surface area contributed by atoms with Crippen LogP contribution in [-0.2, 0) is 11.3 Å². The molecular formula is C15H14N4O3S. The Morgan fingerprint density at radius 3 is 2.91 bits per heavy atom. The third-order valence-electron chi connectivity index (χ3n) is 3.33. The van der Waals surface area contributed by atoms with Gasteiger partial charge in [-0.1, -0.05) is 11.3 Å². The van der Waals surface area contributed by atoms with E-state index in [0.717, 1.165) is 22.2 Å².